The summed E-state index contributed by atoms with van der Waals surface area (Å²) in [5.74, 6) is -1.46. The van der Waals surface area contributed by atoms with Crippen molar-refractivity contribution in [2.45, 2.75) is 32.9 Å². The number of carboxylic acid groups (broad SMARTS) is 1. The highest BCUT2D eigenvalue weighted by Crippen LogP contribution is 2.20. The topological polar surface area (TPSA) is 110 Å². The van der Waals surface area contributed by atoms with Crippen LogP contribution in [-0.2, 0) is 17.8 Å². The molecular weight excluding hydrogens is 294 g/mol. The van der Waals surface area contributed by atoms with Crippen molar-refractivity contribution >= 4 is 23.2 Å². The SMILES string of the molecule is CCc1cnc(C(C)NC(=O)c2cn(CC(=O)O)nn2)s1. The Morgan fingerprint density at radius 3 is 2.90 bits per heavy atom. The monoisotopic (exact) mass is 309 g/mol. The van der Waals surface area contributed by atoms with Crippen molar-refractivity contribution in [3.05, 3.63) is 28.0 Å². The summed E-state index contributed by atoms with van der Waals surface area (Å²) in [6, 6.07) is -0.243. The molecule has 0 aliphatic heterocycles. The van der Waals surface area contributed by atoms with Crippen molar-refractivity contribution in [1.82, 2.24) is 25.3 Å². The molecular formula is C12H15N5O3S. The average molecular weight is 309 g/mol. The maximum Gasteiger partial charge on any atom is 0.325 e. The van der Waals surface area contributed by atoms with Crippen molar-refractivity contribution in [2.75, 3.05) is 0 Å². The zero-order chi connectivity index (χ0) is 15.4. The summed E-state index contributed by atoms with van der Waals surface area (Å²) in [5, 5.41) is 19.5. The quantitative estimate of drug-likeness (QED) is 0.819. The Morgan fingerprint density at radius 2 is 2.29 bits per heavy atom. The summed E-state index contributed by atoms with van der Waals surface area (Å²) in [4.78, 5) is 28.0. The summed E-state index contributed by atoms with van der Waals surface area (Å²) >= 11 is 1.55. The van der Waals surface area contributed by atoms with E-state index in [0.29, 0.717) is 0 Å². The van der Waals surface area contributed by atoms with E-state index in [4.69, 9.17) is 5.11 Å². The number of aryl methyl sites for hydroxylation is 1. The number of aromatic nitrogens is 4. The van der Waals surface area contributed by atoms with Gasteiger partial charge in [-0.3, -0.25) is 9.59 Å². The molecule has 2 aromatic rings. The van der Waals surface area contributed by atoms with Gasteiger partial charge in [-0.1, -0.05) is 12.1 Å². The standard InChI is InChI=1S/C12H15N5O3S/c1-3-8-4-13-12(21-8)7(2)14-11(20)9-5-17(16-15-9)6-10(18)19/h4-5,7H,3,6H2,1-2H3,(H,14,20)(H,18,19). The van der Waals surface area contributed by atoms with Crippen molar-refractivity contribution in [2.24, 2.45) is 0 Å². The highest BCUT2D eigenvalue weighted by Gasteiger charge is 2.17. The fourth-order valence-corrected chi connectivity index (χ4v) is 2.50. The van der Waals surface area contributed by atoms with E-state index >= 15 is 0 Å². The molecule has 1 amide bonds. The van der Waals surface area contributed by atoms with E-state index in [0.717, 1.165) is 21.0 Å². The number of carboxylic acids is 1. The van der Waals surface area contributed by atoms with Crippen LogP contribution in [0.2, 0.25) is 0 Å². The molecule has 1 unspecified atom stereocenters. The average Bonchev–Trinajstić information content (AvgIpc) is 3.06. The number of thiazole rings is 1. The molecule has 21 heavy (non-hydrogen) atoms. The number of nitrogens with zero attached hydrogens (tertiary/aromatic N) is 4. The number of aliphatic carboxylic acids is 1. The number of amides is 1. The van der Waals surface area contributed by atoms with Crippen molar-refractivity contribution in [1.29, 1.82) is 0 Å². The molecule has 0 spiro atoms. The second-order valence-electron chi connectivity index (χ2n) is 4.41. The molecule has 112 valence electrons. The van der Waals surface area contributed by atoms with Gasteiger partial charge in [-0.05, 0) is 13.3 Å². The third kappa shape index (κ3) is 3.85. The van der Waals surface area contributed by atoms with Crippen LogP contribution in [-0.4, -0.2) is 37.0 Å². The Bertz CT molecular complexity index is 651. The van der Waals surface area contributed by atoms with Crippen LogP contribution in [0.4, 0.5) is 0 Å². The van der Waals surface area contributed by atoms with Crippen LogP contribution in [0.5, 0.6) is 0 Å². The molecule has 0 aliphatic rings. The lowest BCUT2D eigenvalue weighted by Gasteiger charge is -2.09. The predicted molar refractivity (Wildman–Crippen MR) is 75.0 cm³/mol. The Morgan fingerprint density at radius 1 is 1.52 bits per heavy atom. The number of hydrogen-bond donors (Lipinski definition) is 2. The van der Waals surface area contributed by atoms with Gasteiger partial charge in [0.05, 0.1) is 12.2 Å². The number of hydrogen-bond acceptors (Lipinski definition) is 6. The van der Waals surface area contributed by atoms with Gasteiger partial charge >= 0.3 is 5.97 Å². The first-order valence-electron chi connectivity index (χ1n) is 6.37. The van der Waals surface area contributed by atoms with Crippen LogP contribution in [0, 0.1) is 0 Å². The van der Waals surface area contributed by atoms with Crippen molar-refractivity contribution < 1.29 is 14.7 Å². The Kier molecular flexibility index (Phi) is 4.63. The van der Waals surface area contributed by atoms with Gasteiger partial charge in [-0.25, -0.2) is 9.67 Å². The van der Waals surface area contributed by atoms with E-state index in [2.05, 4.69) is 20.6 Å². The fraction of sp³-hybridized carbons (Fsp3) is 0.417. The van der Waals surface area contributed by atoms with Crippen LogP contribution in [0.1, 0.15) is 40.3 Å². The lowest BCUT2D eigenvalue weighted by Crippen LogP contribution is -2.26. The Hall–Kier alpha value is -2.29. The van der Waals surface area contributed by atoms with E-state index < -0.39 is 11.9 Å². The molecule has 0 fully saturated rings. The van der Waals surface area contributed by atoms with Crippen LogP contribution < -0.4 is 5.32 Å². The second kappa shape index (κ2) is 6.44. The first-order valence-corrected chi connectivity index (χ1v) is 7.18. The number of nitrogens with one attached hydrogen (secondary N) is 1. The van der Waals surface area contributed by atoms with Crippen LogP contribution in [0.15, 0.2) is 12.4 Å². The van der Waals surface area contributed by atoms with Gasteiger partial charge in [0.1, 0.15) is 11.6 Å². The zero-order valence-electron chi connectivity index (χ0n) is 11.6. The van der Waals surface area contributed by atoms with Gasteiger partial charge in [0.25, 0.3) is 5.91 Å². The van der Waals surface area contributed by atoms with Gasteiger partial charge in [0, 0.05) is 11.1 Å². The first kappa shape index (κ1) is 15.1. The third-order valence-electron chi connectivity index (χ3n) is 2.71. The van der Waals surface area contributed by atoms with Crippen molar-refractivity contribution in [3.8, 4) is 0 Å². The summed E-state index contributed by atoms with van der Waals surface area (Å²) in [7, 11) is 0. The molecule has 9 heteroatoms. The lowest BCUT2D eigenvalue weighted by molar-refractivity contribution is -0.137. The maximum atomic E-state index is 12.0. The Labute approximate surface area is 124 Å². The maximum absolute atomic E-state index is 12.0. The smallest absolute Gasteiger partial charge is 0.325 e. The van der Waals surface area contributed by atoms with Gasteiger partial charge in [-0.15, -0.1) is 16.4 Å². The minimum atomic E-state index is -1.05. The molecule has 2 aromatic heterocycles. The van der Waals surface area contributed by atoms with E-state index in [-0.39, 0.29) is 18.3 Å². The second-order valence-corrected chi connectivity index (χ2v) is 5.56. The Balaban J connectivity index is 2.00. The molecule has 8 nitrogen and oxygen atoms in total. The zero-order valence-corrected chi connectivity index (χ0v) is 12.4. The van der Waals surface area contributed by atoms with Crippen LogP contribution >= 0.6 is 11.3 Å². The summed E-state index contributed by atoms with van der Waals surface area (Å²) in [6.07, 6.45) is 4.00. The van der Waals surface area contributed by atoms with Crippen molar-refractivity contribution in [3.63, 3.8) is 0 Å². The minimum Gasteiger partial charge on any atom is -0.480 e. The van der Waals surface area contributed by atoms with E-state index in [9.17, 15) is 9.59 Å². The molecule has 2 N–H and O–H groups in total. The molecule has 0 saturated heterocycles. The molecule has 2 heterocycles. The molecule has 0 bridgehead atoms. The van der Waals surface area contributed by atoms with E-state index in [1.54, 1.807) is 17.5 Å². The van der Waals surface area contributed by atoms with Gasteiger partial charge in [0.15, 0.2) is 5.69 Å². The fourth-order valence-electron chi connectivity index (χ4n) is 1.64. The molecule has 0 saturated carbocycles. The van der Waals surface area contributed by atoms with E-state index in [1.807, 2.05) is 13.8 Å². The highest BCUT2D eigenvalue weighted by atomic mass is 32.1. The summed E-state index contributed by atoms with van der Waals surface area (Å²) in [6.45, 7) is 3.54. The molecule has 0 aliphatic carbocycles. The van der Waals surface area contributed by atoms with Gasteiger partial charge in [0.2, 0.25) is 0 Å². The summed E-state index contributed by atoms with van der Waals surface area (Å²) in [5.41, 5.74) is 0.0790. The molecule has 0 aromatic carbocycles. The van der Waals surface area contributed by atoms with Crippen LogP contribution in [0.25, 0.3) is 0 Å². The molecule has 2 rings (SSSR count). The normalized spacial score (nSPS) is 12.1. The lowest BCUT2D eigenvalue weighted by atomic mass is 10.3. The van der Waals surface area contributed by atoms with E-state index in [1.165, 1.54) is 6.20 Å². The van der Waals surface area contributed by atoms with Crippen LogP contribution in [0.3, 0.4) is 0 Å². The predicted octanol–water partition coefficient (Wildman–Crippen LogP) is 0.873. The van der Waals surface area contributed by atoms with Gasteiger partial charge < -0.3 is 10.4 Å². The molecule has 1 atom stereocenters. The molecule has 0 radical (unpaired) electrons. The number of rotatable bonds is 6. The number of carbonyl (C=O) groups excluding carboxylic acids is 1. The highest BCUT2D eigenvalue weighted by molar-refractivity contribution is 7.11. The minimum absolute atomic E-state index is 0.0790. The number of carbonyl (C=O) groups is 2. The summed E-state index contributed by atoms with van der Waals surface area (Å²) < 4.78 is 1.10. The van der Waals surface area contributed by atoms with Gasteiger partial charge in [-0.2, -0.15) is 0 Å². The largest absolute Gasteiger partial charge is 0.480 e. The first-order chi connectivity index (χ1) is 9.99. The third-order valence-corrected chi connectivity index (χ3v) is 4.03.